The molecule has 0 spiro atoms. The minimum absolute atomic E-state index is 0.124. The van der Waals surface area contributed by atoms with Crippen molar-refractivity contribution in [1.29, 1.82) is 0 Å². The van der Waals surface area contributed by atoms with Crippen LogP contribution in [-0.2, 0) is 4.79 Å². The molecule has 3 N–H and O–H groups in total. The number of ether oxygens (including phenoxy) is 1. The average molecular weight is 500 g/mol. The van der Waals surface area contributed by atoms with E-state index in [-0.39, 0.29) is 5.91 Å². The number of benzene rings is 4. The molecule has 0 fully saturated rings. The fourth-order valence-electron chi connectivity index (χ4n) is 3.41. The molecule has 0 bridgehead atoms. The van der Waals surface area contributed by atoms with Crippen LogP contribution in [0.15, 0.2) is 114 Å². The molecular weight excluding hydrogens is 474 g/mol. The summed E-state index contributed by atoms with van der Waals surface area (Å²) < 4.78 is 5.39. The van der Waals surface area contributed by atoms with Gasteiger partial charge < -0.3 is 20.7 Å². The molecule has 7 heteroatoms. The molecular formula is C28H25N3O2S2. The van der Waals surface area contributed by atoms with Crippen molar-refractivity contribution in [3.63, 3.8) is 0 Å². The van der Waals surface area contributed by atoms with Crippen LogP contribution in [-0.4, -0.2) is 18.1 Å². The molecule has 4 aromatic carbocycles. The fraction of sp³-hybridized carbons (Fsp3) is 0.0714. The first-order valence-corrected chi connectivity index (χ1v) is 12.3. The topological polar surface area (TPSA) is 62.4 Å². The van der Waals surface area contributed by atoms with E-state index in [1.807, 2.05) is 109 Å². The molecule has 0 aromatic heterocycles. The summed E-state index contributed by atoms with van der Waals surface area (Å²) in [5, 5.41) is 9.43. The number of para-hydroxylation sites is 3. The normalized spacial score (nSPS) is 11.2. The first-order valence-electron chi connectivity index (χ1n) is 11.0. The van der Waals surface area contributed by atoms with Crippen molar-refractivity contribution in [3.05, 3.63) is 115 Å². The fourth-order valence-corrected chi connectivity index (χ4v) is 4.68. The predicted octanol–water partition coefficient (Wildman–Crippen LogP) is 6.98. The van der Waals surface area contributed by atoms with Gasteiger partial charge in [-0.2, -0.15) is 0 Å². The number of methoxy groups -OCH3 is 1. The second kappa shape index (κ2) is 12.1. The van der Waals surface area contributed by atoms with Crippen LogP contribution in [0.4, 0.5) is 17.1 Å². The molecule has 1 unspecified atom stereocenters. The van der Waals surface area contributed by atoms with Crippen LogP contribution in [0.5, 0.6) is 5.75 Å². The SMILES string of the molecule is COc1ccccc1NC(=O)C(Sc1ccc(NC(=S)Nc2ccccc2)cc1)c1ccccc1. The van der Waals surface area contributed by atoms with Crippen molar-refractivity contribution < 1.29 is 9.53 Å². The maximum atomic E-state index is 13.3. The second-order valence-electron chi connectivity index (χ2n) is 7.57. The van der Waals surface area contributed by atoms with Crippen molar-refractivity contribution in [2.45, 2.75) is 10.1 Å². The summed E-state index contributed by atoms with van der Waals surface area (Å²) in [4.78, 5) is 14.3. The summed E-state index contributed by atoms with van der Waals surface area (Å²) in [6.07, 6.45) is 0. The molecule has 1 atom stereocenters. The van der Waals surface area contributed by atoms with E-state index in [0.29, 0.717) is 16.5 Å². The van der Waals surface area contributed by atoms with Gasteiger partial charge in [-0.05, 0) is 66.3 Å². The minimum atomic E-state index is -0.444. The zero-order valence-electron chi connectivity index (χ0n) is 19.1. The number of thiocarbonyl (C=S) groups is 1. The molecule has 0 saturated carbocycles. The van der Waals surface area contributed by atoms with Gasteiger partial charge in [0.2, 0.25) is 5.91 Å². The van der Waals surface area contributed by atoms with Gasteiger partial charge in [0.05, 0.1) is 12.8 Å². The molecule has 0 heterocycles. The summed E-state index contributed by atoms with van der Waals surface area (Å²) in [7, 11) is 1.59. The highest BCUT2D eigenvalue weighted by atomic mass is 32.2. The summed E-state index contributed by atoms with van der Waals surface area (Å²) in [6, 6.07) is 34.7. The van der Waals surface area contributed by atoms with E-state index in [1.54, 1.807) is 7.11 Å². The third-order valence-corrected chi connectivity index (χ3v) is 6.57. The van der Waals surface area contributed by atoms with E-state index in [0.717, 1.165) is 21.8 Å². The summed E-state index contributed by atoms with van der Waals surface area (Å²) in [5.74, 6) is 0.495. The molecule has 0 aliphatic rings. The van der Waals surface area contributed by atoms with E-state index >= 15 is 0 Å². The number of amides is 1. The van der Waals surface area contributed by atoms with E-state index in [9.17, 15) is 4.79 Å². The van der Waals surface area contributed by atoms with Crippen LogP contribution in [0, 0.1) is 0 Å². The van der Waals surface area contributed by atoms with Crippen LogP contribution < -0.4 is 20.7 Å². The average Bonchev–Trinajstić information content (AvgIpc) is 2.89. The zero-order chi connectivity index (χ0) is 24.5. The van der Waals surface area contributed by atoms with Crippen LogP contribution in [0.2, 0.25) is 0 Å². The Morgan fingerprint density at radius 2 is 1.31 bits per heavy atom. The molecule has 1 amide bonds. The second-order valence-corrected chi connectivity index (χ2v) is 9.15. The van der Waals surface area contributed by atoms with Gasteiger partial charge in [0.15, 0.2) is 5.11 Å². The Labute approximate surface area is 214 Å². The molecule has 35 heavy (non-hydrogen) atoms. The van der Waals surface area contributed by atoms with Crippen molar-refractivity contribution in [3.8, 4) is 5.75 Å². The summed E-state index contributed by atoms with van der Waals surface area (Å²) in [5.41, 5.74) is 3.34. The molecule has 5 nitrogen and oxygen atoms in total. The van der Waals surface area contributed by atoms with E-state index in [1.165, 1.54) is 11.8 Å². The van der Waals surface area contributed by atoms with Crippen LogP contribution in [0.1, 0.15) is 10.8 Å². The lowest BCUT2D eigenvalue weighted by Gasteiger charge is -2.18. The van der Waals surface area contributed by atoms with Gasteiger partial charge in [0, 0.05) is 16.3 Å². The predicted molar refractivity (Wildman–Crippen MR) is 149 cm³/mol. The highest BCUT2D eigenvalue weighted by Gasteiger charge is 2.23. The number of carbonyl (C=O) groups excluding carboxylic acids is 1. The molecule has 0 aliphatic carbocycles. The lowest BCUT2D eigenvalue weighted by atomic mass is 10.1. The standard InChI is InChI=1S/C28H25N3O2S2/c1-33-25-15-9-8-14-24(25)31-27(32)26(20-10-4-2-5-11-20)35-23-18-16-22(17-19-23)30-28(34)29-21-12-6-3-7-13-21/h2-19,26H,1H3,(H,31,32)(H2,29,30,34). The first-order chi connectivity index (χ1) is 17.1. The molecule has 0 aliphatic heterocycles. The third kappa shape index (κ3) is 6.85. The molecule has 0 radical (unpaired) electrons. The Hall–Kier alpha value is -3.81. The third-order valence-electron chi connectivity index (χ3n) is 5.10. The van der Waals surface area contributed by atoms with Crippen molar-refractivity contribution in [2.24, 2.45) is 0 Å². The van der Waals surface area contributed by atoms with Gasteiger partial charge in [0.1, 0.15) is 11.0 Å². The monoisotopic (exact) mass is 499 g/mol. The van der Waals surface area contributed by atoms with Gasteiger partial charge in [-0.15, -0.1) is 11.8 Å². The minimum Gasteiger partial charge on any atom is -0.495 e. The maximum absolute atomic E-state index is 13.3. The molecule has 4 aromatic rings. The van der Waals surface area contributed by atoms with Crippen molar-refractivity contribution in [2.75, 3.05) is 23.1 Å². The van der Waals surface area contributed by atoms with Gasteiger partial charge in [-0.1, -0.05) is 60.7 Å². The summed E-state index contributed by atoms with van der Waals surface area (Å²) >= 11 is 6.89. The van der Waals surface area contributed by atoms with Crippen molar-refractivity contribution in [1.82, 2.24) is 0 Å². The quantitative estimate of drug-likeness (QED) is 0.180. The van der Waals surface area contributed by atoms with E-state index in [4.69, 9.17) is 17.0 Å². The maximum Gasteiger partial charge on any atom is 0.242 e. The van der Waals surface area contributed by atoms with Gasteiger partial charge in [0.25, 0.3) is 0 Å². The van der Waals surface area contributed by atoms with E-state index in [2.05, 4.69) is 16.0 Å². The molecule has 0 saturated heterocycles. The molecule has 4 rings (SSSR count). The largest absolute Gasteiger partial charge is 0.495 e. The number of thioether (sulfide) groups is 1. The lowest BCUT2D eigenvalue weighted by molar-refractivity contribution is -0.115. The smallest absolute Gasteiger partial charge is 0.242 e. The Kier molecular flexibility index (Phi) is 8.38. The van der Waals surface area contributed by atoms with Gasteiger partial charge in [-0.3, -0.25) is 4.79 Å². The number of hydrogen-bond donors (Lipinski definition) is 3. The van der Waals surface area contributed by atoms with Gasteiger partial charge in [-0.25, -0.2) is 0 Å². The van der Waals surface area contributed by atoms with E-state index < -0.39 is 5.25 Å². The highest BCUT2D eigenvalue weighted by molar-refractivity contribution is 8.00. The van der Waals surface area contributed by atoms with Crippen LogP contribution >= 0.6 is 24.0 Å². The number of rotatable bonds is 8. The number of carbonyl (C=O) groups is 1. The Morgan fingerprint density at radius 1 is 0.743 bits per heavy atom. The van der Waals surface area contributed by atoms with Crippen LogP contribution in [0.3, 0.4) is 0 Å². The highest BCUT2D eigenvalue weighted by Crippen LogP contribution is 2.37. The Bertz CT molecular complexity index is 1270. The Balaban J connectivity index is 1.46. The summed E-state index contributed by atoms with van der Waals surface area (Å²) in [6.45, 7) is 0. The zero-order valence-corrected chi connectivity index (χ0v) is 20.7. The molecule has 176 valence electrons. The first kappa shape index (κ1) is 24.3. The van der Waals surface area contributed by atoms with Gasteiger partial charge >= 0.3 is 0 Å². The number of nitrogens with one attached hydrogen (secondary N) is 3. The number of anilines is 3. The Morgan fingerprint density at radius 3 is 1.97 bits per heavy atom. The lowest BCUT2D eigenvalue weighted by Crippen LogP contribution is -2.19. The van der Waals surface area contributed by atoms with Crippen LogP contribution in [0.25, 0.3) is 0 Å². The number of hydrogen-bond acceptors (Lipinski definition) is 4. The van der Waals surface area contributed by atoms with Crippen molar-refractivity contribution >= 4 is 52.1 Å².